The van der Waals surface area contributed by atoms with E-state index in [1.807, 2.05) is 0 Å². The molecular formula is C8H12Cl3O7P. The Balaban J connectivity index is 4.95. The molecule has 0 aliphatic rings. The SMILES string of the molecule is COP(=O)(OC)C(OC(=O)CCC(=O)O)C(Cl)(Cl)Cl. The highest BCUT2D eigenvalue weighted by molar-refractivity contribution is 7.55. The maximum atomic E-state index is 12.1. The second-order valence-corrected chi connectivity index (χ2v) is 7.83. The Morgan fingerprint density at radius 1 is 1.21 bits per heavy atom. The van der Waals surface area contributed by atoms with Gasteiger partial charge >= 0.3 is 19.5 Å². The summed E-state index contributed by atoms with van der Waals surface area (Å²) in [5, 5.41) is 8.42. The zero-order valence-corrected chi connectivity index (χ0v) is 13.1. The van der Waals surface area contributed by atoms with Crippen LogP contribution < -0.4 is 0 Å². The van der Waals surface area contributed by atoms with Crippen LogP contribution in [0.25, 0.3) is 0 Å². The Kier molecular flexibility index (Phi) is 7.65. The topological polar surface area (TPSA) is 99.1 Å². The molecule has 0 aromatic rings. The lowest BCUT2D eigenvalue weighted by atomic mass is 10.3. The van der Waals surface area contributed by atoms with Crippen molar-refractivity contribution in [1.82, 2.24) is 0 Å². The van der Waals surface area contributed by atoms with Crippen LogP contribution in [-0.2, 0) is 27.9 Å². The Labute approximate surface area is 124 Å². The minimum Gasteiger partial charge on any atom is -0.481 e. The number of ether oxygens (including phenoxy) is 1. The summed E-state index contributed by atoms with van der Waals surface area (Å²) in [5.41, 5.74) is 0. The lowest BCUT2D eigenvalue weighted by molar-refractivity contribution is -0.149. The molecule has 0 rings (SSSR count). The van der Waals surface area contributed by atoms with Crippen molar-refractivity contribution in [3.63, 3.8) is 0 Å². The fourth-order valence-electron chi connectivity index (χ4n) is 0.969. The number of aliphatic carboxylic acids is 1. The van der Waals surface area contributed by atoms with Crippen LogP contribution in [0.2, 0.25) is 0 Å². The summed E-state index contributed by atoms with van der Waals surface area (Å²) in [6.45, 7) is 0. The van der Waals surface area contributed by atoms with Crippen molar-refractivity contribution in [2.75, 3.05) is 14.2 Å². The Hall–Kier alpha value is -0.0400. The molecule has 0 radical (unpaired) electrons. The van der Waals surface area contributed by atoms with Crippen LogP contribution in [-0.4, -0.2) is 40.9 Å². The first-order valence-corrected chi connectivity index (χ1v) is 7.50. The number of alkyl halides is 3. The monoisotopic (exact) mass is 356 g/mol. The van der Waals surface area contributed by atoms with Crippen LogP contribution in [0.4, 0.5) is 0 Å². The van der Waals surface area contributed by atoms with Gasteiger partial charge < -0.3 is 18.9 Å². The average Bonchev–Trinajstić information content (AvgIpc) is 2.31. The number of carbonyl (C=O) groups is 2. The first-order chi connectivity index (χ1) is 8.56. The van der Waals surface area contributed by atoms with Crippen molar-refractivity contribution in [2.45, 2.75) is 22.5 Å². The molecule has 0 fully saturated rings. The standard InChI is InChI=1S/C8H12Cl3O7P/c1-16-19(15,17-2)7(8(9,10)11)18-6(14)4-3-5(12)13/h7H,3-4H2,1-2H3,(H,12,13). The van der Waals surface area contributed by atoms with Crippen molar-refractivity contribution in [3.8, 4) is 0 Å². The maximum Gasteiger partial charge on any atom is 0.374 e. The van der Waals surface area contributed by atoms with Crippen molar-refractivity contribution in [3.05, 3.63) is 0 Å². The van der Waals surface area contributed by atoms with E-state index < -0.39 is 42.0 Å². The highest BCUT2D eigenvalue weighted by Crippen LogP contribution is 2.59. The van der Waals surface area contributed by atoms with Crippen LogP contribution in [0.15, 0.2) is 0 Å². The summed E-state index contributed by atoms with van der Waals surface area (Å²) in [6, 6.07) is 0. The number of halogens is 3. The van der Waals surface area contributed by atoms with E-state index in [0.29, 0.717) is 0 Å². The lowest BCUT2D eigenvalue weighted by Crippen LogP contribution is -2.32. The minimum atomic E-state index is -4.00. The van der Waals surface area contributed by atoms with Crippen molar-refractivity contribution in [1.29, 1.82) is 0 Å². The number of esters is 1. The van der Waals surface area contributed by atoms with Gasteiger partial charge in [0.1, 0.15) is 0 Å². The van der Waals surface area contributed by atoms with Crippen LogP contribution in [0.3, 0.4) is 0 Å². The van der Waals surface area contributed by atoms with E-state index in [1.54, 1.807) is 0 Å². The number of carbonyl (C=O) groups excluding carboxylic acids is 1. The van der Waals surface area contributed by atoms with Gasteiger partial charge in [-0.1, -0.05) is 34.8 Å². The summed E-state index contributed by atoms with van der Waals surface area (Å²) in [7, 11) is -1.95. The Morgan fingerprint density at radius 2 is 1.68 bits per heavy atom. The van der Waals surface area contributed by atoms with Gasteiger partial charge in [-0.05, 0) is 0 Å². The minimum absolute atomic E-state index is 0.472. The second-order valence-electron chi connectivity index (χ2n) is 3.18. The molecule has 0 spiro atoms. The highest BCUT2D eigenvalue weighted by atomic mass is 35.6. The van der Waals surface area contributed by atoms with Crippen LogP contribution in [0.5, 0.6) is 0 Å². The number of carboxylic acid groups (broad SMARTS) is 1. The molecule has 1 N–H and O–H groups in total. The molecule has 0 aromatic heterocycles. The van der Waals surface area contributed by atoms with Gasteiger partial charge in [0.15, 0.2) is 0 Å². The van der Waals surface area contributed by atoms with Crippen molar-refractivity contribution in [2.24, 2.45) is 0 Å². The van der Waals surface area contributed by atoms with E-state index in [0.717, 1.165) is 14.2 Å². The molecule has 0 aromatic carbocycles. The van der Waals surface area contributed by atoms with E-state index in [2.05, 4.69) is 9.05 Å². The molecule has 7 nitrogen and oxygen atoms in total. The highest BCUT2D eigenvalue weighted by Gasteiger charge is 2.51. The molecule has 112 valence electrons. The molecule has 0 heterocycles. The van der Waals surface area contributed by atoms with E-state index >= 15 is 0 Å². The van der Waals surface area contributed by atoms with Crippen LogP contribution in [0.1, 0.15) is 12.8 Å². The van der Waals surface area contributed by atoms with Crippen molar-refractivity contribution < 1.29 is 33.0 Å². The first-order valence-electron chi connectivity index (χ1n) is 4.76. The van der Waals surface area contributed by atoms with Crippen LogP contribution in [0, 0.1) is 0 Å². The molecular weight excluding hydrogens is 345 g/mol. The lowest BCUT2D eigenvalue weighted by Gasteiger charge is -2.28. The fourth-order valence-corrected chi connectivity index (χ4v) is 3.32. The zero-order chi connectivity index (χ0) is 15.3. The number of hydrogen-bond acceptors (Lipinski definition) is 6. The van der Waals surface area contributed by atoms with Gasteiger partial charge in [-0.3, -0.25) is 14.2 Å². The number of hydrogen-bond donors (Lipinski definition) is 1. The van der Waals surface area contributed by atoms with Gasteiger partial charge in [0.25, 0.3) is 0 Å². The van der Waals surface area contributed by atoms with E-state index in [-0.39, 0.29) is 0 Å². The molecule has 0 bridgehead atoms. The Morgan fingerprint density at radius 3 is 2.00 bits per heavy atom. The third kappa shape index (κ3) is 6.29. The normalized spacial score (nSPS) is 13.9. The quantitative estimate of drug-likeness (QED) is 0.424. The number of rotatable bonds is 7. The Bertz CT molecular complexity index is 373. The first kappa shape index (κ1) is 19.0. The molecule has 19 heavy (non-hydrogen) atoms. The van der Waals surface area contributed by atoms with Crippen molar-refractivity contribution >= 4 is 54.3 Å². The van der Waals surface area contributed by atoms with Gasteiger partial charge in [-0.2, -0.15) is 0 Å². The predicted molar refractivity (Wildman–Crippen MR) is 68.7 cm³/mol. The molecule has 0 saturated heterocycles. The second kappa shape index (κ2) is 7.67. The molecule has 1 unspecified atom stereocenters. The number of carboxylic acids is 1. The maximum absolute atomic E-state index is 12.1. The van der Waals surface area contributed by atoms with Gasteiger partial charge in [0.05, 0.1) is 12.8 Å². The van der Waals surface area contributed by atoms with Gasteiger partial charge in [-0.15, -0.1) is 0 Å². The molecule has 0 saturated carbocycles. The fraction of sp³-hybridized carbons (Fsp3) is 0.750. The van der Waals surface area contributed by atoms with Gasteiger partial charge in [0.2, 0.25) is 9.64 Å². The molecule has 0 aliphatic carbocycles. The van der Waals surface area contributed by atoms with E-state index in [9.17, 15) is 14.2 Å². The molecule has 1 atom stereocenters. The largest absolute Gasteiger partial charge is 0.481 e. The summed E-state index contributed by atoms with van der Waals surface area (Å²) >= 11 is 16.7. The predicted octanol–water partition coefficient (Wildman–Crippen LogP) is 2.58. The molecule has 0 amide bonds. The third-order valence-electron chi connectivity index (χ3n) is 1.86. The van der Waals surface area contributed by atoms with Gasteiger partial charge in [0, 0.05) is 14.2 Å². The summed E-state index contributed by atoms with van der Waals surface area (Å²) in [4.78, 5) is 21.7. The van der Waals surface area contributed by atoms with Crippen LogP contribution >= 0.6 is 42.4 Å². The zero-order valence-electron chi connectivity index (χ0n) is 9.97. The van der Waals surface area contributed by atoms with Gasteiger partial charge in [-0.25, -0.2) is 0 Å². The average molecular weight is 358 g/mol. The smallest absolute Gasteiger partial charge is 0.374 e. The third-order valence-corrected chi connectivity index (χ3v) is 5.00. The summed E-state index contributed by atoms with van der Waals surface area (Å²) in [6.07, 6.45) is -0.949. The summed E-state index contributed by atoms with van der Waals surface area (Å²) in [5.74, 6) is -4.02. The van der Waals surface area contributed by atoms with E-state index in [1.165, 1.54) is 0 Å². The molecule has 0 aliphatic heterocycles. The molecule has 11 heteroatoms. The van der Waals surface area contributed by atoms with E-state index in [4.69, 9.17) is 44.6 Å². The summed E-state index contributed by atoms with van der Waals surface area (Å²) < 4.78 is 23.7.